The molecule has 0 aliphatic carbocycles. The van der Waals surface area contributed by atoms with Gasteiger partial charge in [0.15, 0.2) is 0 Å². The number of hydrogen-bond donors (Lipinski definition) is 2. The highest BCUT2D eigenvalue weighted by molar-refractivity contribution is 5.74. The molecule has 0 aliphatic rings. The SMILES string of the molecule is [NH3+][C@@H](CO)C(=O)OCc1ccccc1. The van der Waals surface area contributed by atoms with Crippen molar-refractivity contribution in [1.29, 1.82) is 0 Å². The third-order valence-electron chi connectivity index (χ3n) is 1.78. The Hall–Kier alpha value is -1.39. The molecule has 0 aliphatic heterocycles. The van der Waals surface area contributed by atoms with Gasteiger partial charge in [0.25, 0.3) is 0 Å². The van der Waals surface area contributed by atoms with Crippen LogP contribution in [0.2, 0.25) is 0 Å². The highest BCUT2D eigenvalue weighted by atomic mass is 16.5. The Balaban J connectivity index is 2.38. The van der Waals surface area contributed by atoms with Crippen LogP contribution in [-0.4, -0.2) is 23.7 Å². The minimum atomic E-state index is -0.696. The lowest BCUT2D eigenvalue weighted by Crippen LogP contribution is -2.67. The monoisotopic (exact) mass is 196 g/mol. The van der Waals surface area contributed by atoms with Gasteiger partial charge in [-0.2, -0.15) is 0 Å². The largest absolute Gasteiger partial charge is 0.456 e. The van der Waals surface area contributed by atoms with Crippen LogP contribution >= 0.6 is 0 Å². The molecular formula is C10H14NO3+. The Bertz CT molecular complexity index is 287. The van der Waals surface area contributed by atoms with Gasteiger partial charge in [-0.1, -0.05) is 30.3 Å². The molecule has 0 unspecified atom stereocenters. The van der Waals surface area contributed by atoms with Crippen molar-refractivity contribution in [2.24, 2.45) is 0 Å². The maximum Gasteiger partial charge on any atom is 0.367 e. The lowest BCUT2D eigenvalue weighted by Gasteiger charge is -2.06. The quantitative estimate of drug-likeness (QED) is 0.627. The zero-order chi connectivity index (χ0) is 10.4. The summed E-state index contributed by atoms with van der Waals surface area (Å²) >= 11 is 0. The van der Waals surface area contributed by atoms with Gasteiger partial charge in [0.2, 0.25) is 6.04 Å². The number of aliphatic hydroxyl groups excluding tert-OH is 1. The third-order valence-corrected chi connectivity index (χ3v) is 1.78. The Labute approximate surface area is 82.3 Å². The molecule has 4 N–H and O–H groups in total. The van der Waals surface area contributed by atoms with Gasteiger partial charge in [-0.3, -0.25) is 0 Å². The number of ether oxygens (including phenoxy) is 1. The van der Waals surface area contributed by atoms with Crippen molar-refractivity contribution >= 4 is 5.97 Å². The lowest BCUT2D eigenvalue weighted by atomic mass is 10.2. The molecule has 4 nitrogen and oxygen atoms in total. The number of carbonyl (C=O) groups is 1. The predicted molar refractivity (Wildman–Crippen MR) is 50.0 cm³/mol. The van der Waals surface area contributed by atoms with Crippen LogP contribution < -0.4 is 5.73 Å². The van der Waals surface area contributed by atoms with Crippen molar-refractivity contribution in [3.63, 3.8) is 0 Å². The smallest absolute Gasteiger partial charge is 0.367 e. The van der Waals surface area contributed by atoms with Crippen molar-refractivity contribution in [2.75, 3.05) is 6.61 Å². The van der Waals surface area contributed by atoms with Crippen LogP contribution in [0, 0.1) is 0 Å². The molecule has 0 fully saturated rings. The van der Waals surface area contributed by atoms with Crippen LogP contribution in [0.3, 0.4) is 0 Å². The molecule has 0 radical (unpaired) electrons. The average molecular weight is 196 g/mol. The zero-order valence-corrected chi connectivity index (χ0v) is 7.85. The molecule has 1 aromatic rings. The number of benzene rings is 1. The minimum Gasteiger partial charge on any atom is -0.456 e. The predicted octanol–water partition coefficient (Wildman–Crippen LogP) is -0.667. The van der Waals surface area contributed by atoms with E-state index in [1.54, 1.807) is 0 Å². The molecule has 76 valence electrons. The second-order valence-corrected chi connectivity index (χ2v) is 2.97. The van der Waals surface area contributed by atoms with Crippen LogP contribution in [-0.2, 0) is 16.1 Å². The summed E-state index contributed by atoms with van der Waals surface area (Å²) in [5.74, 6) is -0.476. The Morgan fingerprint density at radius 2 is 2.07 bits per heavy atom. The summed E-state index contributed by atoms with van der Waals surface area (Å²) in [6.45, 7) is -0.0562. The highest BCUT2D eigenvalue weighted by Crippen LogP contribution is 2.00. The van der Waals surface area contributed by atoms with Gasteiger partial charge < -0.3 is 15.6 Å². The van der Waals surface area contributed by atoms with Crippen LogP contribution in [0.15, 0.2) is 30.3 Å². The number of rotatable bonds is 4. The zero-order valence-electron chi connectivity index (χ0n) is 7.85. The van der Waals surface area contributed by atoms with Crippen molar-refractivity contribution in [2.45, 2.75) is 12.6 Å². The first-order valence-corrected chi connectivity index (χ1v) is 4.38. The van der Waals surface area contributed by atoms with Gasteiger partial charge in [0, 0.05) is 0 Å². The molecule has 1 rings (SSSR count). The van der Waals surface area contributed by atoms with Gasteiger partial charge in [0.1, 0.15) is 13.2 Å². The van der Waals surface area contributed by atoms with E-state index in [9.17, 15) is 4.79 Å². The van der Waals surface area contributed by atoms with E-state index in [0.717, 1.165) is 5.56 Å². The number of esters is 1. The molecule has 4 heteroatoms. The summed E-state index contributed by atoms with van der Waals surface area (Å²) in [7, 11) is 0. The van der Waals surface area contributed by atoms with E-state index in [1.807, 2.05) is 30.3 Å². The standard InChI is InChI=1S/C10H13NO3/c11-9(6-12)10(13)14-7-8-4-2-1-3-5-8/h1-5,9,12H,6-7,11H2/p+1/t9-/m0/s1. The van der Waals surface area contributed by atoms with E-state index in [-0.39, 0.29) is 13.2 Å². The summed E-state index contributed by atoms with van der Waals surface area (Å²) < 4.78 is 4.92. The van der Waals surface area contributed by atoms with Gasteiger partial charge in [0.05, 0.1) is 0 Å². The molecule has 0 aromatic heterocycles. The molecular weight excluding hydrogens is 182 g/mol. The van der Waals surface area contributed by atoms with E-state index < -0.39 is 12.0 Å². The van der Waals surface area contributed by atoms with Crippen molar-refractivity contribution < 1.29 is 20.4 Å². The summed E-state index contributed by atoms with van der Waals surface area (Å²) in [6, 6.07) is 8.67. The highest BCUT2D eigenvalue weighted by Gasteiger charge is 2.16. The van der Waals surface area contributed by atoms with E-state index in [2.05, 4.69) is 5.73 Å². The summed E-state index contributed by atoms with van der Waals surface area (Å²) in [5, 5.41) is 8.64. The first-order valence-electron chi connectivity index (χ1n) is 4.38. The van der Waals surface area contributed by atoms with E-state index >= 15 is 0 Å². The number of aliphatic hydroxyl groups is 1. The lowest BCUT2D eigenvalue weighted by molar-refractivity contribution is -0.413. The van der Waals surface area contributed by atoms with Gasteiger partial charge in [-0.25, -0.2) is 4.79 Å². The fourth-order valence-electron chi connectivity index (χ4n) is 0.921. The Morgan fingerprint density at radius 1 is 1.43 bits per heavy atom. The average Bonchev–Trinajstić information content (AvgIpc) is 2.26. The minimum absolute atomic E-state index is 0.228. The van der Waals surface area contributed by atoms with Gasteiger partial charge >= 0.3 is 5.97 Å². The van der Waals surface area contributed by atoms with Crippen molar-refractivity contribution in [1.82, 2.24) is 0 Å². The summed E-state index contributed by atoms with van der Waals surface area (Å²) in [4.78, 5) is 11.1. The second kappa shape index (κ2) is 5.36. The van der Waals surface area contributed by atoms with Crippen LogP contribution in [0.25, 0.3) is 0 Å². The number of hydrogen-bond acceptors (Lipinski definition) is 3. The van der Waals surface area contributed by atoms with Crippen LogP contribution in [0.4, 0.5) is 0 Å². The number of quaternary nitrogens is 1. The first-order chi connectivity index (χ1) is 6.74. The molecule has 0 amide bonds. The fraction of sp³-hybridized carbons (Fsp3) is 0.300. The molecule has 0 heterocycles. The molecule has 0 saturated carbocycles. The molecule has 0 spiro atoms. The first kappa shape index (κ1) is 10.7. The maximum absolute atomic E-state index is 11.1. The van der Waals surface area contributed by atoms with E-state index in [1.165, 1.54) is 0 Å². The van der Waals surface area contributed by atoms with Crippen molar-refractivity contribution in [3.8, 4) is 0 Å². The van der Waals surface area contributed by atoms with Gasteiger partial charge in [-0.05, 0) is 5.56 Å². The topological polar surface area (TPSA) is 74.2 Å². The van der Waals surface area contributed by atoms with Crippen LogP contribution in [0.5, 0.6) is 0 Å². The number of carbonyl (C=O) groups excluding carboxylic acids is 1. The van der Waals surface area contributed by atoms with Gasteiger partial charge in [-0.15, -0.1) is 0 Å². The van der Waals surface area contributed by atoms with E-state index in [0.29, 0.717) is 0 Å². The molecule has 1 aromatic carbocycles. The maximum atomic E-state index is 11.1. The summed E-state index contributed by atoms with van der Waals surface area (Å²) in [5.41, 5.74) is 4.37. The normalized spacial score (nSPS) is 12.1. The Kier molecular flexibility index (Phi) is 4.10. The van der Waals surface area contributed by atoms with Crippen molar-refractivity contribution in [3.05, 3.63) is 35.9 Å². The van der Waals surface area contributed by atoms with E-state index in [4.69, 9.17) is 9.84 Å². The molecule has 1 atom stereocenters. The molecule has 0 saturated heterocycles. The molecule has 0 bridgehead atoms. The Morgan fingerprint density at radius 3 is 2.64 bits per heavy atom. The molecule has 14 heavy (non-hydrogen) atoms. The second-order valence-electron chi connectivity index (χ2n) is 2.97. The third kappa shape index (κ3) is 3.16. The fourth-order valence-corrected chi connectivity index (χ4v) is 0.921. The summed E-state index contributed by atoms with van der Waals surface area (Å²) in [6.07, 6.45) is 0. The van der Waals surface area contributed by atoms with Crippen LogP contribution in [0.1, 0.15) is 5.56 Å².